The fraction of sp³-hybridized carbons (Fsp3) is 0.0441. The number of fused-ring (bicyclic) bond motifs is 16. The first-order valence-corrected chi connectivity index (χ1v) is 25.2. The molecule has 6 nitrogen and oxygen atoms in total. The average Bonchev–Trinajstić information content (AvgIpc) is 4.05. The second kappa shape index (κ2) is 17.3. The van der Waals surface area contributed by atoms with Gasteiger partial charge in [-0.25, -0.2) is 9.97 Å². The largest absolute Gasteiger partial charge is 0.512 e. The third kappa shape index (κ3) is 7.06. The van der Waals surface area contributed by atoms with Gasteiger partial charge in [0.2, 0.25) is 0 Å². The molecule has 1 N–H and O–H groups in total. The fourth-order valence-corrected chi connectivity index (χ4v) is 11.6. The van der Waals surface area contributed by atoms with E-state index in [9.17, 15) is 9.90 Å². The van der Waals surface area contributed by atoms with Crippen molar-refractivity contribution in [3.63, 3.8) is 0 Å². The van der Waals surface area contributed by atoms with Gasteiger partial charge in [0.15, 0.2) is 5.78 Å². The summed E-state index contributed by atoms with van der Waals surface area (Å²) >= 11 is 0. The Morgan fingerprint density at radius 2 is 0.797 bits per heavy atom. The Labute approximate surface area is 426 Å². The van der Waals surface area contributed by atoms with Crippen LogP contribution in [-0.4, -0.2) is 29.7 Å². The van der Waals surface area contributed by atoms with E-state index in [4.69, 9.17) is 9.97 Å². The molecule has 0 aliphatic heterocycles. The Bertz CT molecular complexity index is 4410. The predicted molar refractivity (Wildman–Crippen MR) is 306 cm³/mol. The smallest absolute Gasteiger partial charge is 0.159 e. The van der Waals surface area contributed by atoms with Crippen LogP contribution in [0.4, 0.5) is 0 Å². The molecule has 14 aromatic rings. The minimum atomic E-state index is -0.105. The van der Waals surface area contributed by atoms with E-state index < -0.39 is 0 Å². The lowest BCUT2D eigenvalue weighted by Crippen LogP contribution is -1.99. The van der Waals surface area contributed by atoms with Crippen LogP contribution in [-0.2, 0) is 11.2 Å². The molecule has 6 heteroatoms. The van der Waals surface area contributed by atoms with Crippen molar-refractivity contribution < 1.29 is 9.90 Å². The number of aliphatic hydroxyl groups is 1. The van der Waals surface area contributed by atoms with Gasteiger partial charge in [0.05, 0.1) is 38.9 Å². The number of aromatic nitrogens is 4. The first kappa shape index (κ1) is 43.2. The molecule has 0 fully saturated rings. The molecule has 4 heterocycles. The number of aliphatic hydroxyl groups excluding tert-OH is 1. The van der Waals surface area contributed by atoms with Gasteiger partial charge >= 0.3 is 0 Å². The number of hydrogen-bond acceptors (Lipinski definition) is 4. The molecule has 0 saturated carbocycles. The lowest BCUT2D eigenvalue weighted by atomic mass is 9.86. The molecule has 4 aromatic heterocycles. The van der Waals surface area contributed by atoms with Gasteiger partial charge in [0.1, 0.15) is 11.3 Å². The van der Waals surface area contributed by atoms with E-state index >= 15 is 0 Å². The number of ketones is 1. The third-order valence-corrected chi connectivity index (χ3v) is 14.9. The average molecular weight is 951 g/mol. The van der Waals surface area contributed by atoms with Crippen molar-refractivity contribution in [2.75, 3.05) is 0 Å². The quantitative estimate of drug-likeness (QED) is 0.0889. The van der Waals surface area contributed by atoms with Gasteiger partial charge in [-0.1, -0.05) is 146 Å². The number of hydrogen-bond donors (Lipinski definition) is 1. The number of para-hydroxylation sites is 6. The summed E-state index contributed by atoms with van der Waals surface area (Å²) in [6, 6.07) is 80.5. The highest BCUT2D eigenvalue weighted by Crippen LogP contribution is 2.44. The highest BCUT2D eigenvalue weighted by Gasteiger charge is 2.20. The zero-order valence-electron chi connectivity index (χ0n) is 40.5. The summed E-state index contributed by atoms with van der Waals surface area (Å²) in [5.74, 6) is -0.0872. The summed E-state index contributed by atoms with van der Waals surface area (Å²) in [6.07, 6.45) is 2.13. The van der Waals surface area contributed by atoms with Crippen LogP contribution in [0.5, 0.6) is 0 Å². The maximum Gasteiger partial charge on any atom is 0.159 e. The van der Waals surface area contributed by atoms with Crippen LogP contribution in [0.3, 0.4) is 0 Å². The number of pyridine rings is 2. The van der Waals surface area contributed by atoms with Crippen LogP contribution < -0.4 is 0 Å². The molecule has 0 unspecified atom stereocenters. The van der Waals surface area contributed by atoms with E-state index in [1.54, 1.807) is 0 Å². The van der Waals surface area contributed by atoms with Crippen LogP contribution in [0, 0.1) is 0 Å². The zero-order chi connectivity index (χ0) is 49.4. The number of nitrogens with zero attached hydrogens (tertiary/aromatic N) is 4. The number of rotatable bonds is 9. The van der Waals surface area contributed by atoms with E-state index in [-0.39, 0.29) is 18.0 Å². The molecule has 10 aromatic carbocycles. The van der Waals surface area contributed by atoms with Crippen molar-refractivity contribution >= 4 is 82.5 Å². The van der Waals surface area contributed by atoms with Gasteiger partial charge in [-0.05, 0) is 164 Å². The first-order valence-electron chi connectivity index (χ1n) is 25.2. The summed E-state index contributed by atoms with van der Waals surface area (Å²) < 4.78 is 4.59. The normalized spacial score (nSPS) is 12.1. The number of allylic oxidation sites excluding steroid dienone is 2. The number of aryl methyl sites for hydroxylation is 1. The molecule has 0 radical (unpaired) electrons. The second-order valence-corrected chi connectivity index (χ2v) is 19.4. The number of carbonyl (C=O) groups is 1. The Morgan fingerprint density at radius 3 is 1.28 bits per heavy atom. The van der Waals surface area contributed by atoms with Crippen LogP contribution >= 0.6 is 0 Å². The number of carbonyl (C=O) groups excluding carboxylic acids is 1. The Kier molecular flexibility index (Phi) is 10.1. The molecule has 0 bridgehead atoms. The van der Waals surface area contributed by atoms with Gasteiger partial charge in [-0.2, -0.15) is 0 Å². The van der Waals surface area contributed by atoms with E-state index in [0.717, 1.165) is 127 Å². The Hall–Kier alpha value is -9.65. The van der Waals surface area contributed by atoms with Gasteiger partial charge in [0.25, 0.3) is 0 Å². The molecule has 0 aliphatic rings. The van der Waals surface area contributed by atoms with Crippen LogP contribution in [0.15, 0.2) is 236 Å². The summed E-state index contributed by atoms with van der Waals surface area (Å²) in [5.41, 5.74) is 20.3. The zero-order valence-corrected chi connectivity index (χ0v) is 40.5. The lowest BCUT2D eigenvalue weighted by molar-refractivity contribution is -0.114. The molecular formula is C68H46N4O2. The fourth-order valence-electron chi connectivity index (χ4n) is 11.6. The van der Waals surface area contributed by atoms with Crippen LogP contribution in [0.2, 0.25) is 0 Å². The van der Waals surface area contributed by atoms with E-state index in [0.29, 0.717) is 6.42 Å². The minimum absolute atomic E-state index is 0.0175. The molecule has 0 aliphatic carbocycles. The van der Waals surface area contributed by atoms with Crippen LogP contribution in [0.1, 0.15) is 18.9 Å². The summed E-state index contributed by atoms with van der Waals surface area (Å²) in [5, 5.41) is 16.8. The standard InChI is InChI=1S/C68H46N4O2/c1-42(73)36-49(74)33-30-43-16-2-3-17-50(43)46-37-47(53-20-6-4-18-51(53)44-31-34-57-59(40-44)55-22-8-12-26-63(55)71-65-28-14-10-24-61(65)69-67(57)71)39-48(38-46)54-21-7-5-19-52(54)45-32-35-58-60(41-45)56-23-9-13-27-64(56)72-66-29-15-11-25-62(66)70-68(58)72/h2-29,31-32,34-41,73H,30,33H2,1H3/b42-36-. The maximum absolute atomic E-state index is 13.0. The van der Waals surface area contributed by atoms with Crippen molar-refractivity contribution in [1.82, 2.24) is 18.8 Å². The van der Waals surface area contributed by atoms with Gasteiger partial charge in [-0.15, -0.1) is 0 Å². The predicted octanol–water partition coefficient (Wildman–Crippen LogP) is 17.2. The van der Waals surface area contributed by atoms with Gasteiger partial charge in [0, 0.05) is 34.0 Å². The number of imidazole rings is 2. The summed E-state index contributed by atoms with van der Waals surface area (Å²) in [6.45, 7) is 1.54. The maximum atomic E-state index is 13.0. The van der Waals surface area contributed by atoms with Gasteiger partial charge < -0.3 is 5.11 Å². The Morgan fingerprint density at radius 1 is 0.405 bits per heavy atom. The highest BCUT2D eigenvalue weighted by molar-refractivity contribution is 6.16. The molecule has 14 rings (SSSR count). The molecule has 0 spiro atoms. The molecule has 0 amide bonds. The summed E-state index contributed by atoms with van der Waals surface area (Å²) in [4.78, 5) is 23.3. The van der Waals surface area contributed by atoms with Crippen molar-refractivity contribution in [3.8, 4) is 55.6 Å². The lowest BCUT2D eigenvalue weighted by Gasteiger charge is -2.18. The van der Waals surface area contributed by atoms with Crippen molar-refractivity contribution in [3.05, 3.63) is 242 Å². The Balaban J connectivity index is 0.966. The topological polar surface area (TPSA) is 71.9 Å². The van der Waals surface area contributed by atoms with E-state index in [1.165, 1.54) is 23.8 Å². The van der Waals surface area contributed by atoms with Gasteiger partial charge in [-0.3, -0.25) is 13.6 Å². The highest BCUT2D eigenvalue weighted by atomic mass is 16.3. The molecule has 350 valence electrons. The monoisotopic (exact) mass is 950 g/mol. The van der Waals surface area contributed by atoms with Crippen molar-refractivity contribution in [2.45, 2.75) is 19.8 Å². The van der Waals surface area contributed by atoms with E-state index in [2.05, 4.69) is 227 Å². The van der Waals surface area contributed by atoms with Crippen LogP contribution in [0.25, 0.3) is 132 Å². The third-order valence-electron chi connectivity index (χ3n) is 14.9. The second-order valence-electron chi connectivity index (χ2n) is 19.4. The van der Waals surface area contributed by atoms with E-state index in [1.807, 2.05) is 6.07 Å². The summed E-state index contributed by atoms with van der Waals surface area (Å²) in [7, 11) is 0. The molecular weight excluding hydrogens is 905 g/mol. The SMILES string of the molecule is C/C(O)=C/C(=O)CCc1ccccc1-c1cc(-c2ccccc2-c2ccc3c(c2)c2ccccc2n2c4ccccc4nc32)cc(-c2ccccc2-c2ccc3c(c2)c2ccccc2n2c4ccccc4nc32)c1. The first-order chi connectivity index (χ1) is 36.4. The molecule has 0 saturated heterocycles. The number of benzene rings is 10. The molecule has 74 heavy (non-hydrogen) atoms. The molecule has 0 atom stereocenters. The van der Waals surface area contributed by atoms with Crippen molar-refractivity contribution in [1.29, 1.82) is 0 Å². The minimum Gasteiger partial charge on any atom is -0.512 e. The van der Waals surface area contributed by atoms with Crippen molar-refractivity contribution in [2.24, 2.45) is 0 Å².